The van der Waals surface area contributed by atoms with Gasteiger partial charge in [-0.2, -0.15) is 0 Å². The molecule has 0 amide bonds. The van der Waals surface area contributed by atoms with E-state index in [4.69, 9.17) is 14.2 Å². The van der Waals surface area contributed by atoms with Crippen LogP contribution in [0.5, 0.6) is 23.1 Å². The van der Waals surface area contributed by atoms with Gasteiger partial charge in [0.15, 0.2) is 17.3 Å². The first kappa shape index (κ1) is 21.8. The van der Waals surface area contributed by atoms with E-state index >= 15 is 0 Å². The monoisotopic (exact) mass is 438 g/mol. The van der Waals surface area contributed by atoms with E-state index in [9.17, 15) is 4.79 Å². The molecule has 6 heteroatoms. The van der Waals surface area contributed by atoms with Gasteiger partial charge in [-0.3, -0.25) is 4.79 Å². The number of hydrogen-bond acceptors (Lipinski definition) is 6. The van der Waals surface area contributed by atoms with Crippen molar-refractivity contribution < 1.29 is 19.0 Å². The quantitative estimate of drug-likeness (QED) is 0.327. The van der Waals surface area contributed by atoms with E-state index in [1.807, 2.05) is 60.7 Å². The Kier molecular flexibility index (Phi) is 6.75. The van der Waals surface area contributed by atoms with Gasteiger partial charge in [0.2, 0.25) is 5.88 Å². The van der Waals surface area contributed by atoms with Crippen LogP contribution in [0.2, 0.25) is 0 Å². The Hall–Kier alpha value is -4.45. The molecule has 0 aliphatic rings. The second kappa shape index (κ2) is 10.2. The minimum absolute atomic E-state index is 0.160. The number of para-hydroxylation sites is 2. The largest absolute Gasteiger partial charge is 0.493 e. The van der Waals surface area contributed by atoms with Crippen molar-refractivity contribution in [1.29, 1.82) is 0 Å². The fourth-order valence-corrected chi connectivity index (χ4v) is 3.24. The van der Waals surface area contributed by atoms with Crippen LogP contribution >= 0.6 is 0 Å². The molecule has 3 aromatic carbocycles. The molecule has 1 heterocycles. The van der Waals surface area contributed by atoms with Gasteiger partial charge in [-0.05, 0) is 54.1 Å². The molecular formula is C27H22N2O4. The van der Waals surface area contributed by atoms with E-state index in [0.29, 0.717) is 23.1 Å². The number of carbonyl (C=O) groups excluding carboxylic acids is 1. The summed E-state index contributed by atoms with van der Waals surface area (Å²) in [5.41, 5.74) is 2.38. The highest BCUT2D eigenvalue weighted by Crippen LogP contribution is 2.30. The van der Waals surface area contributed by atoms with Crippen molar-refractivity contribution in [3.63, 3.8) is 0 Å². The third-order valence-electron chi connectivity index (χ3n) is 4.91. The molecule has 4 aromatic rings. The summed E-state index contributed by atoms with van der Waals surface area (Å²) in [6.45, 7) is 0. The third kappa shape index (κ3) is 5.25. The minimum atomic E-state index is -0.160. The number of fused-ring (bicyclic) bond motifs is 1. The van der Waals surface area contributed by atoms with Gasteiger partial charge in [0.1, 0.15) is 12.1 Å². The molecule has 0 bridgehead atoms. The topological polar surface area (TPSA) is 70.5 Å². The smallest absolute Gasteiger partial charge is 0.230 e. The Morgan fingerprint density at radius 3 is 2.39 bits per heavy atom. The van der Waals surface area contributed by atoms with Gasteiger partial charge in [-0.25, -0.2) is 9.97 Å². The summed E-state index contributed by atoms with van der Waals surface area (Å²) in [5.74, 6) is 2.13. The molecular weight excluding hydrogens is 416 g/mol. The van der Waals surface area contributed by atoms with Gasteiger partial charge >= 0.3 is 0 Å². The molecule has 0 saturated carbocycles. The minimum Gasteiger partial charge on any atom is -0.493 e. The molecule has 0 saturated heterocycles. The van der Waals surface area contributed by atoms with Crippen molar-refractivity contribution in [2.24, 2.45) is 0 Å². The Morgan fingerprint density at radius 1 is 0.788 bits per heavy atom. The second-order valence-electron chi connectivity index (χ2n) is 7.02. The molecule has 0 spiro atoms. The molecule has 0 aliphatic carbocycles. The Morgan fingerprint density at radius 2 is 1.55 bits per heavy atom. The molecule has 0 unspecified atom stereocenters. The summed E-state index contributed by atoms with van der Waals surface area (Å²) in [6.07, 6.45) is 7.92. The Balaban J connectivity index is 1.51. The van der Waals surface area contributed by atoms with Gasteiger partial charge in [0, 0.05) is 5.56 Å². The van der Waals surface area contributed by atoms with Crippen LogP contribution in [0.4, 0.5) is 0 Å². The number of aromatic nitrogens is 2. The van der Waals surface area contributed by atoms with Gasteiger partial charge in [-0.1, -0.05) is 42.5 Å². The Bertz CT molecular complexity index is 1340. The zero-order valence-corrected chi connectivity index (χ0v) is 18.3. The molecule has 0 aliphatic heterocycles. The number of rotatable bonds is 8. The van der Waals surface area contributed by atoms with Crippen molar-refractivity contribution in [3.05, 3.63) is 96.3 Å². The number of nitrogens with zero attached hydrogens (tertiary/aromatic N) is 2. The fraction of sp³-hybridized carbons (Fsp3) is 0.0741. The number of allylic oxidation sites excluding steroid dienone is 2. The predicted octanol–water partition coefficient (Wildman–Crippen LogP) is 5.74. The highest BCUT2D eigenvalue weighted by Gasteiger charge is 2.08. The highest BCUT2D eigenvalue weighted by atomic mass is 16.5. The third-order valence-corrected chi connectivity index (χ3v) is 4.91. The average Bonchev–Trinajstić information content (AvgIpc) is 2.87. The van der Waals surface area contributed by atoms with Crippen LogP contribution in [0.1, 0.15) is 11.1 Å². The standard InChI is InChI=1S/C27H22N2O4/c1-31-25-16-12-19(17-26(25)32-2)11-14-21(30)15-13-20-7-3-6-10-24(20)33-27-22-8-4-5-9-23(22)28-18-29-27/h3-18H,1-2H3. The number of ether oxygens (including phenoxy) is 3. The summed E-state index contributed by atoms with van der Waals surface area (Å²) in [5, 5.41) is 0.813. The maximum absolute atomic E-state index is 12.4. The van der Waals surface area contributed by atoms with Crippen molar-refractivity contribution >= 4 is 28.8 Å². The summed E-state index contributed by atoms with van der Waals surface area (Å²) >= 11 is 0. The maximum Gasteiger partial charge on any atom is 0.230 e. The number of methoxy groups -OCH3 is 2. The van der Waals surface area contributed by atoms with E-state index in [0.717, 1.165) is 22.0 Å². The van der Waals surface area contributed by atoms with E-state index in [1.54, 1.807) is 32.4 Å². The van der Waals surface area contributed by atoms with Crippen molar-refractivity contribution in [1.82, 2.24) is 9.97 Å². The van der Waals surface area contributed by atoms with Gasteiger partial charge in [0.25, 0.3) is 0 Å². The van der Waals surface area contributed by atoms with E-state index in [-0.39, 0.29) is 5.78 Å². The van der Waals surface area contributed by atoms with E-state index < -0.39 is 0 Å². The molecule has 1 aromatic heterocycles. The zero-order valence-electron chi connectivity index (χ0n) is 18.3. The first-order valence-corrected chi connectivity index (χ1v) is 10.3. The Labute approximate surface area is 191 Å². The molecule has 0 atom stereocenters. The molecule has 6 nitrogen and oxygen atoms in total. The van der Waals surface area contributed by atoms with Gasteiger partial charge in [-0.15, -0.1) is 0 Å². The first-order valence-electron chi connectivity index (χ1n) is 10.3. The molecule has 0 radical (unpaired) electrons. The molecule has 0 fully saturated rings. The number of carbonyl (C=O) groups is 1. The zero-order chi connectivity index (χ0) is 23.0. The second-order valence-corrected chi connectivity index (χ2v) is 7.02. The lowest BCUT2D eigenvalue weighted by Crippen LogP contribution is -1.93. The van der Waals surface area contributed by atoms with E-state index in [1.165, 1.54) is 18.5 Å². The van der Waals surface area contributed by atoms with Crippen LogP contribution in [0.3, 0.4) is 0 Å². The van der Waals surface area contributed by atoms with Crippen molar-refractivity contribution in [3.8, 4) is 23.1 Å². The maximum atomic E-state index is 12.4. The number of hydrogen-bond donors (Lipinski definition) is 0. The summed E-state index contributed by atoms with van der Waals surface area (Å²) in [4.78, 5) is 21.0. The fourth-order valence-electron chi connectivity index (χ4n) is 3.24. The number of ketones is 1. The van der Waals surface area contributed by atoms with Crippen LogP contribution in [-0.2, 0) is 4.79 Å². The van der Waals surface area contributed by atoms with Crippen LogP contribution in [0.15, 0.2) is 85.2 Å². The lowest BCUT2D eigenvalue weighted by atomic mass is 10.1. The lowest BCUT2D eigenvalue weighted by molar-refractivity contribution is -0.110. The van der Waals surface area contributed by atoms with Crippen molar-refractivity contribution in [2.45, 2.75) is 0 Å². The molecule has 164 valence electrons. The predicted molar refractivity (Wildman–Crippen MR) is 129 cm³/mol. The lowest BCUT2D eigenvalue weighted by Gasteiger charge is -2.09. The normalized spacial score (nSPS) is 11.2. The van der Waals surface area contributed by atoms with Gasteiger partial charge < -0.3 is 14.2 Å². The summed E-state index contributed by atoms with van der Waals surface area (Å²) in [7, 11) is 3.15. The highest BCUT2D eigenvalue weighted by molar-refractivity contribution is 6.04. The van der Waals surface area contributed by atoms with Crippen LogP contribution in [0.25, 0.3) is 23.1 Å². The van der Waals surface area contributed by atoms with Crippen LogP contribution in [-0.4, -0.2) is 30.0 Å². The summed E-state index contributed by atoms with van der Waals surface area (Å²) < 4.78 is 16.6. The summed E-state index contributed by atoms with van der Waals surface area (Å²) in [6, 6.07) is 20.6. The van der Waals surface area contributed by atoms with Crippen LogP contribution < -0.4 is 14.2 Å². The average molecular weight is 438 g/mol. The van der Waals surface area contributed by atoms with Crippen LogP contribution in [0, 0.1) is 0 Å². The van der Waals surface area contributed by atoms with Gasteiger partial charge in [0.05, 0.1) is 25.1 Å². The van der Waals surface area contributed by atoms with Crippen molar-refractivity contribution in [2.75, 3.05) is 14.2 Å². The van der Waals surface area contributed by atoms with E-state index in [2.05, 4.69) is 9.97 Å². The molecule has 0 N–H and O–H groups in total. The SMILES string of the molecule is COc1ccc(C=CC(=O)C=Cc2ccccc2Oc2ncnc3ccccc23)cc1OC. The molecule has 33 heavy (non-hydrogen) atoms. The number of benzene rings is 3. The molecule has 4 rings (SSSR count). The first-order chi connectivity index (χ1) is 16.2.